The molecule has 0 aromatic carbocycles. The summed E-state index contributed by atoms with van der Waals surface area (Å²) in [6.07, 6.45) is 3.75. The van der Waals surface area contributed by atoms with Crippen molar-refractivity contribution in [3.63, 3.8) is 0 Å². The Morgan fingerprint density at radius 3 is 2.79 bits per heavy atom. The van der Waals surface area contributed by atoms with Crippen molar-refractivity contribution < 1.29 is 4.79 Å². The van der Waals surface area contributed by atoms with Crippen LogP contribution < -0.4 is 9.80 Å². The van der Waals surface area contributed by atoms with Crippen LogP contribution in [0.15, 0.2) is 18.3 Å². The maximum absolute atomic E-state index is 12.0. The van der Waals surface area contributed by atoms with E-state index in [2.05, 4.69) is 26.0 Å². The highest BCUT2D eigenvalue weighted by Gasteiger charge is 2.34. The van der Waals surface area contributed by atoms with E-state index in [9.17, 15) is 4.79 Å². The highest BCUT2D eigenvalue weighted by atomic mass is 32.1. The number of nitriles is 1. The molecule has 0 N–H and O–H groups in total. The van der Waals surface area contributed by atoms with E-state index in [-0.39, 0.29) is 11.9 Å². The van der Waals surface area contributed by atoms with Gasteiger partial charge in [0.15, 0.2) is 3.95 Å². The Labute approximate surface area is 172 Å². The number of carbonyl (C=O) groups is 1. The van der Waals surface area contributed by atoms with E-state index in [0.717, 1.165) is 44.8 Å². The Morgan fingerprint density at radius 2 is 2.14 bits per heavy atom. The Hall–Kier alpha value is -2.35. The SMILES string of the molecule is CC(=O)N(c1nn(CN2CCN(c3cc(C#N)ccn3)CC2)c(=S)s1)C1CC1. The van der Waals surface area contributed by atoms with Gasteiger partial charge >= 0.3 is 0 Å². The van der Waals surface area contributed by atoms with Gasteiger partial charge in [-0.15, -0.1) is 5.10 Å². The lowest BCUT2D eigenvalue weighted by Crippen LogP contribution is -2.47. The molecule has 2 aliphatic rings. The smallest absolute Gasteiger partial charge is 0.225 e. The second-order valence-electron chi connectivity index (χ2n) is 7.03. The van der Waals surface area contributed by atoms with Gasteiger partial charge in [0.1, 0.15) is 5.82 Å². The van der Waals surface area contributed by atoms with Crippen molar-refractivity contribution >= 4 is 40.4 Å². The molecule has 3 heterocycles. The quantitative estimate of drug-likeness (QED) is 0.693. The summed E-state index contributed by atoms with van der Waals surface area (Å²) in [7, 11) is 0. The Balaban J connectivity index is 1.39. The average Bonchev–Trinajstić information content (AvgIpc) is 3.46. The number of piperazine rings is 1. The molecular weight excluding hydrogens is 394 g/mol. The molecule has 0 radical (unpaired) electrons. The molecule has 146 valence electrons. The minimum Gasteiger partial charge on any atom is -0.354 e. The molecule has 1 aliphatic carbocycles. The molecule has 1 saturated heterocycles. The molecule has 1 saturated carbocycles. The van der Waals surface area contributed by atoms with E-state index in [0.29, 0.717) is 21.3 Å². The lowest BCUT2D eigenvalue weighted by molar-refractivity contribution is -0.116. The molecule has 0 atom stereocenters. The number of hydrogen-bond donors (Lipinski definition) is 0. The number of aromatic nitrogens is 3. The summed E-state index contributed by atoms with van der Waals surface area (Å²) < 4.78 is 2.51. The fourth-order valence-electron chi connectivity index (χ4n) is 3.33. The normalized spacial score (nSPS) is 17.4. The Kier molecular flexibility index (Phi) is 5.39. The van der Waals surface area contributed by atoms with Crippen molar-refractivity contribution in [1.82, 2.24) is 19.7 Å². The van der Waals surface area contributed by atoms with Crippen LogP contribution in [0, 0.1) is 15.3 Å². The van der Waals surface area contributed by atoms with Crippen LogP contribution in [0.2, 0.25) is 0 Å². The molecule has 8 nitrogen and oxygen atoms in total. The number of amides is 1. The first-order valence-corrected chi connectivity index (χ1v) is 10.5. The lowest BCUT2D eigenvalue weighted by atomic mass is 10.2. The van der Waals surface area contributed by atoms with Crippen LogP contribution in [0.3, 0.4) is 0 Å². The van der Waals surface area contributed by atoms with Gasteiger partial charge in [-0.2, -0.15) is 5.26 Å². The van der Waals surface area contributed by atoms with Crippen molar-refractivity contribution in [3.05, 3.63) is 27.8 Å². The largest absolute Gasteiger partial charge is 0.354 e. The zero-order valence-electron chi connectivity index (χ0n) is 15.6. The number of pyridine rings is 1. The molecule has 10 heteroatoms. The van der Waals surface area contributed by atoms with Crippen molar-refractivity contribution in [3.8, 4) is 6.07 Å². The number of anilines is 2. The third-order valence-electron chi connectivity index (χ3n) is 4.96. The summed E-state index contributed by atoms with van der Waals surface area (Å²) in [5, 5.41) is 14.4. The molecule has 2 aromatic rings. The predicted molar refractivity (Wildman–Crippen MR) is 110 cm³/mol. The minimum atomic E-state index is 0.0270. The fraction of sp³-hybridized carbons (Fsp3) is 0.500. The van der Waals surface area contributed by atoms with Crippen molar-refractivity contribution in [1.29, 1.82) is 5.26 Å². The first kappa shape index (κ1) is 19.0. The van der Waals surface area contributed by atoms with E-state index in [1.165, 1.54) is 11.3 Å². The third-order valence-corrected chi connectivity index (χ3v) is 6.26. The van der Waals surface area contributed by atoms with E-state index >= 15 is 0 Å². The summed E-state index contributed by atoms with van der Waals surface area (Å²) in [6.45, 7) is 5.56. The van der Waals surface area contributed by atoms with Crippen LogP contribution in [0.1, 0.15) is 25.3 Å². The van der Waals surface area contributed by atoms with Crippen LogP contribution in [0.25, 0.3) is 0 Å². The van der Waals surface area contributed by atoms with Gasteiger partial charge in [0.2, 0.25) is 11.0 Å². The molecule has 1 amide bonds. The van der Waals surface area contributed by atoms with Crippen LogP contribution >= 0.6 is 23.6 Å². The Morgan fingerprint density at radius 1 is 1.39 bits per heavy atom. The monoisotopic (exact) mass is 415 g/mol. The van der Waals surface area contributed by atoms with Crippen LogP contribution in [-0.2, 0) is 11.5 Å². The molecule has 28 heavy (non-hydrogen) atoms. The summed E-state index contributed by atoms with van der Waals surface area (Å²) in [4.78, 5) is 22.6. The number of carbonyl (C=O) groups excluding carboxylic acids is 1. The molecule has 2 aromatic heterocycles. The average molecular weight is 416 g/mol. The van der Waals surface area contributed by atoms with Gasteiger partial charge in [-0.25, -0.2) is 9.67 Å². The summed E-state index contributed by atoms with van der Waals surface area (Å²) in [5.74, 6) is 0.868. The van der Waals surface area contributed by atoms with Crippen LogP contribution in [0.5, 0.6) is 0 Å². The number of nitrogens with zero attached hydrogens (tertiary/aromatic N) is 7. The van der Waals surface area contributed by atoms with Gasteiger partial charge in [-0.1, -0.05) is 11.3 Å². The van der Waals surface area contributed by atoms with Crippen molar-refractivity contribution in [2.45, 2.75) is 32.5 Å². The maximum atomic E-state index is 12.0. The first-order valence-electron chi connectivity index (χ1n) is 9.26. The molecule has 2 fully saturated rings. The molecular formula is C18H21N7OS2. The first-order chi connectivity index (χ1) is 13.5. The van der Waals surface area contributed by atoms with E-state index in [1.54, 1.807) is 24.1 Å². The minimum absolute atomic E-state index is 0.0270. The summed E-state index contributed by atoms with van der Waals surface area (Å²) >= 11 is 6.89. The maximum Gasteiger partial charge on any atom is 0.225 e. The van der Waals surface area contributed by atoms with Gasteiger partial charge in [0.05, 0.1) is 18.3 Å². The lowest BCUT2D eigenvalue weighted by Gasteiger charge is -2.35. The van der Waals surface area contributed by atoms with E-state index in [4.69, 9.17) is 17.5 Å². The molecule has 0 spiro atoms. The zero-order chi connectivity index (χ0) is 19.7. The molecule has 0 bridgehead atoms. The van der Waals surface area contributed by atoms with Gasteiger partial charge in [-0.05, 0) is 37.2 Å². The second kappa shape index (κ2) is 7.95. The van der Waals surface area contributed by atoms with Gasteiger partial charge in [-0.3, -0.25) is 14.6 Å². The standard InChI is InChI=1S/C18H21N7OS2/c1-13(26)25(15-2-3-15)17-21-24(18(27)28-17)12-22-6-8-23(9-7-22)16-10-14(11-19)4-5-20-16/h4-5,10,15H,2-3,6-9,12H2,1H3. The summed E-state index contributed by atoms with van der Waals surface area (Å²) in [6, 6.07) is 5.98. The highest BCUT2D eigenvalue weighted by Crippen LogP contribution is 2.33. The predicted octanol–water partition coefficient (Wildman–Crippen LogP) is 2.24. The van der Waals surface area contributed by atoms with Crippen LogP contribution in [-0.4, -0.2) is 57.8 Å². The van der Waals surface area contributed by atoms with Gasteiger partial charge in [0, 0.05) is 45.3 Å². The second-order valence-corrected chi connectivity index (χ2v) is 8.63. The van der Waals surface area contributed by atoms with Gasteiger partial charge in [0.25, 0.3) is 0 Å². The Bertz CT molecular complexity index is 967. The summed E-state index contributed by atoms with van der Waals surface area (Å²) in [5.41, 5.74) is 0.624. The topological polar surface area (TPSA) is 81.3 Å². The van der Waals surface area contributed by atoms with Gasteiger partial charge < -0.3 is 4.90 Å². The molecule has 0 unspecified atom stereocenters. The van der Waals surface area contributed by atoms with E-state index < -0.39 is 0 Å². The molecule has 1 aliphatic heterocycles. The zero-order valence-corrected chi connectivity index (χ0v) is 17.2. The molecule has 4 rings (SSSR count). The third kappa shape index (κ3) is 4.06. The highest BCUT2D eigenvalue weighted by molar-refractivity contribution is 7.73. The van der Waals surface area contributed by atoms with Crippen molar-refractivity contribution in [2.75, 3.05) is 36.0 Å². The number of hydrogen-bond acceptors (Lipinski definition) is 8. The van der Waals surface area contributed by atoms with Crippen LogP contribution in [0.4, 0.5) is 10.9 Å². The van der Waals surface area contributed by atoms with Crippen molar-refractivity contribution in [2.24, 2.45) is 0 Å². The van der Waals surface area contributed by atoms with E-state index in [1.807, 2.05) is 10.7 Å². The number of rotatable bonds is 5. The fourth-order valence-corrected chi connectivity index (χ4v) is 4.53.